The van der Waals surface area contributed by atoms with Crippen LogP contribution in [0.25, 0.3) is 0 Å². The molecule has 3 N–H and O–H groups in total. The smallest absolute Gasteiger partial charge is 0.335 e. The van der Waals surface area contributed by atoms with E-state index in [1.165, 1.54) is 36.0 Å². The van der Waals surface area contributed by atoms with Gasteiger partial charge in [-0.05, 0) is 43.3 Å². The molecule has 32 heavy (non-hydrogen) atoms. The number of aromatic nitrogens is 3. The predicted octanol–water partition coefficient (Wildman–Crippen LogP) is 3.31. The van der Waals surface area contributed by atoms with Gasteiger partial charge < -0.3 is 20.3 Å². The summed E-state index contributed by atoms with van der Waals surface area (Å²) in [5, 5.41) is 23.6. The monoisotopic (exact) mass is 473 g/mol. The topological polar surface area (TPSA) is 126 Å². The summed E-state index contributed by atoms with van der Waals surface area (Å²) in [6.45, 7) is 2.63. The van der Waals surface area contributed by atoms with E-state index in [0.717, 1.165) is 0 Å². The molecule has 2 aromatic carbocycles. The van der Waals surface area contributed by atoms with Gasteiger partial charge in [-0.2, -0.15) is 0 Å². The Kier molecular flexibility index (Phi) is 7.85. The van der Waals surface area contributed by atoms with E-state index < -0.39 is 5.97 Å². The molecule has 1 aromatic heterocycles. The second kappa shape index (κ2) is 10.8. The van der Waals surface area contributed by atoms with Gasteiger partial charge in [0, 0.05) is 12.2 Å². The molecule has 9 nitrogen and oxygen atoms in total. The van der Waals surface area contributed by atoms with E-state index in [-0.39, 0.29) is 29.7 Å². The average molecular weight is 474 g/mol. The molecular formula is C21H20ClN5O4S. The van der Waals surface area contributed by atoms with Gasteiger partial charge in [-0.15, -0.1) is 10.2 Å². The summed E-state index contributed by atoms with van der Waals surface area (Å²) >= 11 is 7.26. The van der Waals surface area contributed by atoms with Crippen molar-refractivity contribution in [2.24, 2.45) is 0 Å². The van der Waals surface area contributed by atoms with Crippen molar-refractivity contribution < 1.29 is 19.5 Å². The summed E-state index contributed by atoms with van der Waals surface area (Å²) in [7, 11) is 0. The van der Waals surface area contributed by atoms with E-state index in [0.29, 0.717) is 33.8 Å². The molecule has 0 spiro atoms. The number of aromatic carboxylic acids is 1. The van der Waals surface area contributed by atoms with E-state index in [1.54, 1.807) is 24.3 Å². The third-order valence-corrected chi connectivity index (χ3v) is 5.68. The summed E-state index contributed by atoms with van der Waals surface area (Å²) in [5.74, 6) is -0.970. The number of amides is 2. The van der Waals surface area contributed by atoms with Gasteiger partial charge >= 0.3 is 5.97 Å². The number of rotatable bonds is 9. The summed E-state index contributed by atoms with van der Waals surface area (Å²) in [6, 6.07) is 12.7. The van der Waals surface area contributed by atoms with Crippen LogP contribution in [0.2, 0.25) is 5.02 Å². The lowest BCUT2D eigenvalue weighted by molar-refractivity contribution is -0.113. The Morgan fingerprint density at radius 2 is 1.81 bits per heavy atom. The van der Waals surface area contributed by atoms with Crippen LogP contribution in [0.1, 0.15) is 33.5 Å². The fourth-order valence-corrected chi connectivity index (χ4v) is 3.84. The quantitative estimate of drug-likeness (QED) is 0.407. The molecule has 0 aliphatic carbocycles. The number of halogens is 1. The van der Waals surface area contributed by atoms with Crippen LogP contribution in [0.3, 0.4) is 0 Å². The number of carbonyl (C=O) groups excluding carboxylic acids is 2. The van der Waals surface area contributed by atoms with E-state index in [4.69, 9.17) is 16.7 Å². The number of benzene rings is 2. The fourth-order valence-electron chi connectivity index (χ4n) is 2.80. The van der Waals surface area contributed by atoms with Crippen LogP contribution < -0.4 is 10.6 Å². The van der Waals surface area contributed by atoms with Gasteiger partial charge in [0.05, 0.1) is 28.4 Å². The first kappa shape index (κ1) is 23.3. The zero-order chi connectivity index (χ0) is 23.1. The lowest BCUT2D eigenvalue weighted by Crippen LogP contribution is -2.25. The molecular weight excluding hydrogens is 454 g/mol. The summed E-state index contributed by atoms with van der Waals surface area (Å²) in [5.41, 5.74) is 1.02. The number of carbonyl (C=O) groups is 3. The summed E-state index contributed by atoms with van der Waals surface area (Å²) < 4.78 is 1.81. The first-order chi connectivity index (χ1) is 15.4. The number of thioether (sulfide) groups is 1. The Hall–Kier alpha value is -3.37. The summed E-state index contributed by atoms with van der Waals surface area (Å²) in [4.78, 5) is 35.5. The van der Waals surface area contributed by atoms with E-state index in [2.05, 4.69) is 20.8 Å². The number of hydrogen-bond acceptors (Lipinski definition) is 6. The molecule has 0 fully saturated rings. The Morgan fingerprint density at radius 1 is 1.09 bits per heavy atom. The fraction of sp³-hybridized carbons (Fsp3) is 0.190. The van der Waals surface area contributed by atoms with Crippen molar-refractivity contribution in [1.82, 2.24) is 20.1 Å². The van der Waals surface area contributed by atoms with Crippen molar-refractivity contribution in [2.45, 2.75) is 25.2 Å². The second-order valence-electron chi connectivity index (χ2n) is 6.52. The molecule has 3 rings (SSSR count). The van der Waals surface area contributed by atoms with Gasteiger partial charge in [0.25, 0.3) is 5.91 Å². The number of carboxylic acids is 1. The predicted molar refractivity (Wildman–Crippen MR) is 121 cm³/mol. The molecule has 0 bridgehead atoms. The van der Waals surface area contributed by atoms with E-state index in [1.807, 2.05) is 11.5 Å². The molecule has 11 heteroatoms. The SMILES string of the molecule is CCn1c(CNC(=O)c2ccccc2Cl)nnc1SCC(=O)Nc1ccc(C(=O)O)cc1. The minimum atomic E-state index is -1.03. The molecule has 0 unspecified atom stereocenters. The molecule has 0 saturated carbocycles. The maximum absolute atomic E-state index is 12.3. The van der Waals surface area contributed by atoms with Gasteiger partial charge in [0.1, 0.15) is 0 Å². The van der Waals surface area contributed by atoms with Gasteiger partial charge in [-0.1, -0.05) is 35.5 Å². The molecule has 0 saturated heterocycles. The van der Waals surface area contributed by atoms with Crippen molar-refractivity contribution >= 4 is 46.8 Å². The van der Waals surface area contributed by atoms with Crippen LogP contribution in [0.15, 0.2) is 53.7 Å². The minimum Gasteiger partial charge on any atom is -0.478 e. The highest BCUT2D eigenvalue weighted by atomic mass is 35.5. The van der Waals surface area contributed by atoms with Crippen LogP contribution in [0, 0.1) is 0 Å². The number of nitrogens with zero attached hydrogens (tertiary/aromatic N) is 3. The highest BCUT2D eigenvalue weighted by molar-refractivity contribution is 7.99. The van der Waals surface area contributed by atoms with Gasteiger partial charge in [0.2, 0.25) is 5.91 Å². The second-order valence-corrected chi connectivity index (χ2v) is 7.87. The van der Waals surface area contributed by atoms with Gasteiger partial charge in [-0.25, -0.2) is 4.79 Å². The molecule has 3 aromatic rings. The van der Waals surface area contributed by atoms with Crippen molar-refractivity contribution in [2.75, 3.05) is 11.1 Å². The standard InChI is InChI=1S/C21H20ClN5O4S/c1-2-27-17(11-23-19(29)15-5-3-4-6-16(15)22)25-26-21(27)32-12-18(28)24-14-9-7-13(8-10-14)20(30)31/h3-10H,2,11-12H2,1H3,(H,23,29)(H,24,28)(H,30,31). The zero-order valence-corrected chi connectivity index (χ0v) is 18.6. The van der Waals surface area contributed by atoms with Crippen LogP contribution >= 0.6 is 23.4 Å². The summed E-state index contributed by atoms with van der Waals surface area (Å²) in [6.07, 6.45) is 0. The Bertz CT molecular complexity index is 1130. The van der Waals surface area contributed by atoms with Crippen molar-refractivity contribution in [3.8, 4) is 0 Å². The highest BCUT2D eigenvalue weighted by Crippen LogP contribution is 2.19. The minimum absolute atomic E-state index is 0.0881. The Balaban J connectivity index is 1.56. The lowest BCUT2D eigenvalue weighted by Gasteiger charge is -2.09. The average Bonchev–Trinajstić information content (AvgIpc) is 3.18. The van der Waals surface area contributed by atoms with E-state index >= 15 is 0 Å². The first-order valence-electron chi connectivity index (χ1n) is 9.59. The van der Waals surface area contributed by atoms with Gasteiger partial charge in [-0.3, -0.25) is 9.59 Å². The number of hydrogen-bond donors (Lipinski definition) is 3. The molecule has 0 aliphatic heterocycles. The normalized spacial score (nSPS) is 10.6. The number of anilines is 1. The lowest BCUT2D eigenvalue weighted by atomic mass is 10.2. The molecule has 0 aliphatic rings. The molecule has 0 radical (unpaired) electrons. The highest BCUT2D eigenvalue weighted by Gasteiger charge is 2.15. The molecule has 2 amide bonds. The van der Waals surface area contributed by atoms with Crippen LogP contribution in [-0.2, 0) is 17.9 Å². The van der Waals surface area contributed by atoms with Crippen LogP contribution in [-0.4, -0.2) is 43.4 Å². The van der Waals surface area contributed by atoms with Crippen molar-refractivity contribution in [3.63, 3.8) is 0 Å². The van der Waals surface area contributed by atoms with Crippen molar-refractivity contribution in [1.29, 1.82) is 0 Å². The Labute approximate surface area is 193 Å². The van der Waals surface area contributed by atoms with E-state index in [9.17, 15) is 14.4 Å². The maximum Gasteiger partial charge on any atom is 0.335 e. The maximum atomic E-state index is 12.3. The zero-order valence-electron chi connectivity index (χ0n) is 17.0. The Morgan fingerprint density at radius 3 is 2.47 bits per heavy atom. The molecule has 1 heterocycles. The molecule has 0 atom stereocenters. The third kappa shape index (κ3) is 5.86. The van der Waals surface area contributed by atoms with Crippen molar-refractivity contribution in [3.05, 3.63) is 70.5 Å². The molecule has 166 valence electrons. The largest absolute Gasteiger partial charge is 0.478 e. The number of nitrogens with one attached hydrogen (secondary N) is 2. The van der Waals surface area contributed by atoms with Gasteiger partial charge in [0.15, 0.2) is 11.0 Å². The third-order valence-electron chi connectivity index (χ3n) is 4.38. The first-order valence-corrected chi connectivity index (χ1v) is 11.0. The number of carboxylic acid groups (broad SMARTS) is 1. The van der Waals surface area contributed by atoms with Crippen LogP contribution in [0.5, 0.6) is 0 Å². The van der Waals surface area contributed by atoms with Crippen LogP contribution in [0.4, 0.5) is 5.69 Å².